The van der Waals surface area contributed by atoms with Gasteiger partial charge in [-0.25, -0.2) is 0 Å². The molecule has 0 unspecified atom stereocenters. The highest BCUT2D eigenvalue weighted by atomic mass is 15.1. The molecule has 0 saturated heterocycles. The quantitative estimate of drug-likeness (QED) is 0.150. The molecule has 0 saturated carbocycles. The van der Waals surface area contributed by atoms with Crippen LogP contribution in [0.5, 0.6) is 0 Å². The number of rotatable bonds is 7. The molecule has 0 atom stereocenters. The summed E-state index contributed by atoms with van der Waals surface area (Å²) in [6.07, 6.45) is 0. The maximum atomic E-state index is 2.43. The molecule has 0 heterocycles. The molecule has 1 nitrogen and oxygen atoms in total. The highest BCUT2D eigenvalue weighted by molar-refractivity contribution is 6.14. The first-order valence-corrected chi connectivity index (χ1v) is 18.9. The first-order valence-electron chi connectivity index (χ1n) is 18.9. The Morgan fingerprint density at radius 1 is 0.218 bits per heavy atom. The second-order valence-corrected chi connectivity index (χ2v) is 14.2. The van der Waals surface area contributed by atoms with Gasteiger partial charge in [0, 0.05) is 16.8 Å². The zero-order valence-corrected chi connectivity index (χ0v) is 30.3. The second-order valence-electron chi connectivity index (χ2n) is 14.2. The van der Waals surface area contributed by atoms with Crippen molar-refractivity contribution in [1.82, 2.24) is 0 Å². The van der Waals surface area contributed by atoms with Crippen LogP contribution in [0, 0.1) is 0 Å². The summed E-state index contributed by atoms with van der Waals surface area (Å²) >= 11 is 0. The van der Waals surface area contributed by atoms with Crippen molar-refractivity contribution in [3.05, 3.63) is 224 Å². The summed E-state index contributed by atoms with van der Waals surface area (Å²) in [5.41, 5.74) is 12.9. The third kappa shape index (κ3) is 6.22. The van der Waals surface area contributed by atoms with Crippen LogP contribution < -0.4 is 4.90 Å². The van der Waals surface area contributed by atoms with E-state index in [0.717, 1.165) is 22.6 Å². The fourth-order valence-corrected chi connectivity index (χ4v) is 8.03. The van der Waals surface area contributed by atoms with Gasteiger partial charge >= 0.3 is 0 Å². The van der Waals surface area contributed by atoms with E-state index in [1.54, 1.807) is 0 Å². The van der Waals surface area contributed by atoms with E-state index in [1.165, 1.54) is 71.3 Å². The van der Waals surface area contributed by atoms with E-state index in [4.69, 9.17) is 0 Å². The minimum Gasteiger partial charge on any atom is -0.310 e. The summed E-state index contributed by atoms with van der Waals surface area (Å²) in [7, 11) is 0. The molecule has 0 bridgehead atoms. The lowest BCUT2D eigenvalue weighted by Crippen LogP contribution is -2.11. The standard InChI is InChI=1S/C54H37N/c1-3-14-38(15-4-1)46-33-47(39-16-5-2-6-17-39)35-48(34-46)43-21-13-22-50(36-43)55(54-37-45-20-9-10-23-51(45)52-24-11-12-25-53(52)54)49-30-28-41(29-31-49)44-27-26-40-18-7-8-19-42(40)32-44/h1-37H. The number of anilines is 3. The number of hydrogen-bond donors (Lipinski definition) is 0. The Hall–Kier alpha value is -7.22. The molecule has 0 fully saturated rings. The van der Waals surface area contributed by atoms with Gasteiger partial charge in [-0.3, -0.25) is 0 Å². The molecule has 0 aliphatic rings. The summed E-state index contributed by atoms with van der Waals surface area (Å²) in [6.45, 7) is 0. The van der Waals surface area contributed by atoms with Gasteiger partial charge in [-0.15, -0.1) is 0 Å². The minimum absolute atomic E-state index is 1.10. The van der Waals surface area contributed by atoms with Gasteiger partial charge in [0.1, 0.15) is 0 Å². The van der Waals surface area contributed by atoms with Crippen molar-refractivity contribution < 1.29 is 0 Å². The summed E-state index contributed by atoms with van der Waals surface area (Å²) in [5, 5.41) is 7.43. The van der Waals surface area contributed by atoms with Gasteiger partial charge in [0.15, 0.2) is 0 Å². The lowest BCUT2D eigenvalue weighted by Gasteiger charge is -2.28. The topological polar surface area (TPSA) is 3.24 Å². The van der Waals surface area contributed by atoms with E-state index in [2.05, 4.69) is 229 Å². The van der Waals surface area contributed by atoms with Crippen molar-refractivity contribution in [1.29, 1.82) is 0 Å². The van der Waals surface area contributed by atoms with Gasteiger partial charge in [-0.1, -0.05) is 170 Å². The Morgan fingerprint density at radius 3 is 1.40 bits per heavy atom. The Bertz CT molecular complexity index is 2910. The maximum Gasteiger partial charge on any atom is 0.0546 e. The van der Waals surface area contributed by atoms with E-state index in [9.17, 15) is 0 Å². The largest absolute Gasteiger partial charge is 0.310 e. The number of fused-ring (bicyclic) bond motifs is 4. The fraction of sp³-hybridized carbons (Fsp3) is 0. The van der Waals surface area contributed by atoms with Gasteiger partial charge in [0.05, 0.1) is 5.69 Å². The molecule has 258 valence electrons. The number of hydrogen-bond acceptors (Lipinski definition) is 1. The average molecular weight is 700 g/mol. The van der Waals surface area contributed by atoms with Crippen LogP contribution in [0.25, 0.3) is 76.8 Å². The van der Waals surface area contributed by atoms with E-state index in [0.29, 0.717) is 0 Å². The van der Waals surface area contributed by atoms with Gasteiger partial charge in [0.25, 0.3) is 0 Å². The summed E-state index contributed by atoms with van der Waals surface area (Å²) in [4.78, 5) is 2.43. The van der Waals surface area contributed by atoms with Gasteiger partial charge in [-0.2, -0.15) is 0 Å². The van der Waals surface area contributed by atoms with Crippen LogP contribution >= 0.6 is 0 Å². The van der Waals surface area contributed by atoms with Crippen molar-refractivity contribution in [2.75, 3.05) is 4.90 Å². The summed E-state index contributed by atoms with van der Waals surface area (Å²) in [6, 6.07) is 81.6. The third-order valence-electron chi connectivity index (χ3n) is 10.8. The number of nitrogens with zero attached hydrogens (tertiary/aromatic N) is 1. The van der Waals surface area contributed by atoms with Crippen LogP contribution in [0.4, 0.5) is 17.1 Å². The van der Waals surface area contributed by atoms with Gasteiger partial charge in [0.2, 0.25) is 0 Å². The molecule has 0 radical (unpaired) electrons. The first-order chi connectivity index (χ1) is 27.2. The van der Waals surface area contributed by atoms with E-state index in [-0.39, 0.29) is 0 Å². The molecular weight excluding hydrogens is 663 g/mol. The zero-order chi connectivity index (χ0) is 36.6. The molecule has 55 heavy (non-hydrogen) atoms. The van der Waals surface area contributed by atoms with E-state index in [1.807, 2.05) is 0 Å². The summed E-state index contributed by atoms with van der Waals surface area (Å²) in [5.74, 6) is 0. The van der Waals surface area contributed by atoms with E-state index < -0.39 is 0 Å². The first kappa shape index (κ1) is 32.4. The van der Waals surface area contributed by atoms with Crippen molar-refractivity contribution in [2.45, 2.75) is 0 Å². The van der Waals surface area contributed by atoms with Crippen molar-refractivity contribution in [2.24, 2.45) is 0 Å². The molecule has 0 aliphatic heterocycles. The third-order valence-corrected chi connectivity index (χ3v) is 10.8. The summed E-state index contributed by atoms with van der Waals surface area (Å²) < 4.78 is 0. The molecular formula is C54H37N. The lowest BCUT2D eigenvalue weighted by atomic mass is 9.93. The molecule has 1 heteroatoms. The average Bonchev–Trinajstić information content (AvgIpc) is 3.27. The highest BCUT2D eigenvalue weighted by Crippen LogP contribution is 2.44. The maximum absolute atomic E-state index is 2.43. The molecule has 0 aliphatic carbocycles. The van der Waals surface area contributed by atoms with Crippen LogP contribution in [0.1, 0.15) is 0 Å². The fourth-order valence-electron chi connectivity index (χ4n) is 8.03. The normalized spacial score (nSPS) is 11.3. The molecule has 0 N–H and O–H groups in total. The molecule has 0 aromatic heterocycles. The Balaban J connectivity index is 1.15. The zero-order valence-electron chi connectivity index (χ0n) is 30.3. The van der Waals surface area contributed by atoms with Crippen molar-refractivity contribution in [3.63, 3.8) is 0 Å². The number of benzene rings is 10. The SMILES string of the molecule is c1ccc(-c2cc(-c3ccccc3)cc(-c3cccc(N(c4ccc(-c5ccc6ccccc6c5)cc4)c4cc5ccccc5c5ccccc45)c3)c2)cc1. The van der Waals surface area contributed by atoms with Crippen LogP contribution in [0.15, 0.2) is 224 Å². The Kier molecular flexibility index (Phi) is 8.24. The van der Waals surface area contributed by atoms with E-state index >= 15 is 0 Å². The van der Waals surface area contributed by atoms with Crippen LogP contribution in [0.3, 0.4) is 0 Å². The van der Waals surface area contributed by atoms with Crippen LogP contribution in [-0.4, -0.2) is 0 Å². The van der Waals surface area contributed by atoms with Crippen LogP contribution in [0.2, 0.25) is 0 Å². The second kappa shape index (κ2) is 14.0. The highest BCUT2D eigenvalue weighted by Gasteiger charge is 2.19. The minimum atomic E-state index is 1.10. The monoisotopic (exact) mass is 699 g/mol. The predicted octanol–water partition coefficient (Wildman–Crippen LogP) is 15.3. The van der Waals surface area contributed by atoms with Gasteiger partial charge < -0.3 is 4.90 Å². The molecule has 10 aromatic carbocycles. The predicted molar refractivity (Wildman–Crippen MR) is 235 cm³/mol. The Labute approximate surface area is 322 Å². The lowest BCUT2D eigenvalue weighted by molar-refractivity contribution is 1.30. The molecule has 0 spiro atoms. The van der Waals surface area contributed by atoms with Gasteiger partial charge in [-0.05, 0) is 126 Å². The Morgan fingerprint density at radius 2 is 0.709 bits per heavy atom. The van der Waals surface area contributed by atoms with Crippen LogP contribution in [-0.2, 0) is 0 Å². The molecule has 10 aromatic rings. The smallest absolute Gasteiger partial charge is 0.0546 e. The molecule has 0 amide bonds. The van der Waals surface area contributed by atoms with Crippen molar-refractivity contribution >= 4 is 49.4 Å². The van der Waals surface area contributed by atoms with Crippen molar-refractivity contribution in [3.8, 4) is 44.5 Å². The molecule has 10 rings (SSSR count).